The molecule has 2 rings (SSSR count). The molecule has 1 saturated heterocycles. The minimum Gasteiger partial charge on any atom is -0.481 e. The average molecular weight is 308 g/mol. The van der Waals surface area contributed by atoms with E-state index in [-0.39, 0.29) is 24.9 Å². The molecule has 0 radical (unpaired) electrons. The number of aromatic nitrogens is 1. The molecule has 1 aromatic rings. The highest BCUT2D eigenvalue weighted by Crippen LogP contribution is 2.10. The number of amides is 3. The van der Waals surface area contributed by atoms with Crippen LogP contribution in [-0.2, 0) is 9.53 Å². The third-order valence-corrected chi connectivity index (χ3v) is 3.19. The lowest BCUT2D eigenvalue weighted by Crippen LogP contribution is -2.42. The van der Waals surface area contributed by atoms with Gasteiger partial charge < -0.3 is 25.0 Å². The van der Waals surface area contributed by atoms with Crippen LogP contribution in [0.5, 0.6) is 5.88 Å². The van der Waals surface area contributed by atoms with Crippen LogP contribution in [0.15, 0.2) is 18.3 Å². The van der Waals surface area contributed by atoms with E-state index in [1.165, 1.54) is 13.3 Å². The summed E-state index contributed by atoms with van der Waals surface area (Å²) in [6, 6.07) is 2.96. The van der Waals surface area contributed by atoms with E-state index in [0.29, 0.717) is 37.9 Å². The molecule has 1 aliphatic rings. The molecule has 2 N–H and O–H groups in total. The standard InChI is InChI=1S/C14H20N4O4/c1-21-12-3-2-11(10-16-12)17-14(20)15-5-4-13(19)18-6-8-22-9-7-18/h2-3,10H,4-9H2,1H3,(H2,15,17,20). The van der Waals surface area contributed by atoms with Crippen LogP contribution in [0.3, 0.4) is 0 Å². The lowest BCUT2D eigenvalue weighted by molar-refractivity contribution is -0.135. The molecule has 120 valence electrons. The van der Waals surface area contributed by atoms with E-state index < -0.39 is 0 Å². The van der Waals surface area contributed by atoms with E-state index >= 15 is 0 Å². The summed E-state index contributed by atoms with van der Waals surface area (Å²) in [4.78, 5) is 29.3. The molecule has 1 fully saturated rings. The average Bonchev–Trinajstić information content (AvgIpc) is 2.56. The number of pyridine rings is 1. The van der Waals surface area contributed by atoms with Crippen molar-refractivity contribution < 1.29 is 19.1 Å². The summed E-state index contributed by atoms with van der Waals surface area (Å²) in [5, 5.41) is 5.28. The fourth-order valence-electron chi connectivity index (χ4n) is 2.00. The van der Waals surface area contributed by atoms with Gasteiger partial charge in [0.2, 0.25) is 11.8 Å². The van der Waals surface area contributed by atoms with Crippen LogP contribution < -0.4 is 15.4 Å². The zero-order chi connectivity index (χ0) is 15.8. The lowest BCUT2D eigenvalue weighted by atomic mass is 10.3. The van der Waals surface area contributed by atoms with Gasteiger partial charge in [-0.05, 0) is 6.07 Å². The molecule has 0 saturated carbocycles. The number of rotatable bonds is 5. The van der Waals surface area contributed by atoms with E-state index in [1.54, 1.807) is 17.0 Å². The highest BCUT2D eigenvalue weighted by atomic mass is 16.5. The summed E-state index contributed by atoms with van der Waals surface area (Å²) < 4.78 is 10.1. The molecule has 0 aromatic carbocycles. The van der Waals surface area contributed by atoms with Gasteiger partial charge in [0, 0.05) is 32.1 Å². The summed E-state index contributed by atoms with van der Waals surface area (Å²) in [5.74, 6) is 0.497. The number of morpholine rings is 1. The van der Waals surface area contributed by atoms with E-state index in [1.807, 2.05) is 0 Å². The predicted octanol–water partition coefficient (Wildman–Crippen LogP) is 0.461. The first-order valence-electron chi connectivity index (χ1n) is 7.09. The lowest BCUT2D eigenvalue weighted by Gasteiger charge is -2.26. The molecule has 2 heterocycles. The Morgan fingerprint density at radius 2 is 2.14 bits per heavy atom. The van der Waals surface area contributed by atoms with Crippen molar-refractivity contribution in [3.63, 3.8) is 0 Å². The SMILES string of the molecule is COc1ccc(NC(=O)NCCC(=O)N2CCOCC2)cn1. The van der Waals surface area contributed by atoms with Gasteiger partial charge in [-0.1, -0.05) is 0 Å². The van der Waals surface area contributed by atoms with Crippen LogP contribution in [0.4, 0.5) is 10.5 Å². The Morgan fingerprint density at radius 1 is 1.36 bits per heavy atom. The van der Waals surface area contributed by atoms with Crippen molar-refractivity contribution in [2.45, 2.75) is 6.42 Å². The molecule has 0 unspecified atom stereocenters. The van der Waals surface area contributed by atoms with Gasteiger partial charge in [-0.15, -0.1) is 0 Å². The van der Waals surface area contributed by atoms with E-state index in [0.717, 1.165) is 0 Å². The number of ether oxygens (including phenoxy) is 2. The number of nitrogens with zero attached hydrogens (tertiary/aromatic N) is 2. The van der Waals surface area contributed by atoms with Gasteiger partial charge in [0.25, 0.3) is 0 Å². The second-order valence-electron chi connectivity index (χ2n) is 4.71. The predicted molar refractivity (Wildman–Crippen MR) is 79.8 cm³/mol. The molecular weight excluding hydrogens is 288 g/mol. The van der Waals surface area contributed by atoms with Crippen LogP contribution >= 0.6 is 0 Å². The second kappa shape index (κ2) is 8.18. The normalized spacial score (nSPS) is 14.3. The molecule has 8 nitrogen and oxygen atoms in total. The van der Waals surface area contributed by atoms with Crippen molar-refractivity contribution in [2.75, 3.05) is 45.3 Å². The van der Waals surface area contributed by atoms with E-state index in [2.05, 4.69) is 15.6 Å². The van der Waals surface area contributed by atoms with Crippen LogP contribution in [0.25, 0.3) is 0 Å². The van der Waals surface area contributed by atoms with Crippen molar-refractivity contribution in [3.05, 3.63) is 18.3 Å². The fourth-order valence-corrected chi connectivity index (χ4v) is 2.00. The number of carbonyl (C=O) groups is 2. The van der Waals surface area contributed by atoms with Crippen LogP contribution in [0.2, 0.25) is 0 Å². The van der Waals surface area contributed by atoms with Gasteiger partial charge in [0.15, 0.2) is 0 Å². The van der Waals surface area contributed by atoms with E-state index in [9.17, 15) is 9.59 Å². The Hall–Kier alpha value is -2.35. The van der Waals surface area contributed by atoms with Crippen molar-refractivity contribution in [1.29, 1.82) is 0 Å². The number of urea groups is 1. The number of anilines is 1. The Labute approximate surface area is 128 Å². The van der Waals surface area contributed by atoms with Crippen molar-refractivity contribution in [2.24, 2.45) is 0 Å². The number of carbonyl (C=O) groups excluding carboxylic acids is 2. The first-order chi connectivity index (χ1) is 10.7. The maximum absolute atomic E-state index is 11.9. The molecule has 0 atom stereocenters. The molecule has 0 bridgehead atoms. The Morgan fingerprint density at radius 3 is 2.77 bits per heavy atom. The van der Waals surface area contributed by atoms with Gasteiger partial charge in [0.1, 0.15) is 0 Å². The van der Waals surface area contributed by atoms with Crippen molar-refractivity contribution in [1.82, 2.24) is 15.2 Å². The van der Waals surface area contributed by atoms with Crippen LogP contribution in [-0.4, -0.2) is 61.8 Å². The van der Waals surface area contributed by atoms with Gasteiger partial charge >= 0.3 is 6.03 Å². The highest BCUT2D eigenvalue weighted by molar-refractivity contribution is 5.89. The molecule has 1 aliphatic heterocycles. The molecule has 0 aliphatic carbocycles. The summed E-state index contributed by atoms with van der Waals surface area (Å²) in [7, 11) is 1.52. The third-order valence-electron chi connectivity index (χ3n) is 3.19. The third kappa shape index (κ3) is 4.88. The van der Waals surface area contributed by atoms with E-state index in [4.69, 9.17) is 9.47 Å². The number of hydrogen-bond acceptors (Lipinski definition) is 5. The topological polar surface area (TPSA) is 92.8 Å². The molecule has 0 spiro atoms. The minimum atomic E-state index is -0.373. The van der Waals surface area contributed by atoms with Crippen LogP contribution in [0.1, 0.15) is 6.42 Å². The number of nitrogens with one attached hydrogen (secondary N) is 2. The Kier molecular flexibility index (Phi) is 5.96. The maximum Gasteiger partial charge on any atom is 0.319 e. The van der Waals surface area contributed by atoms with Crippen molar-refractivity contribution >= 4 is 17.6 Å². The molecule has 22 heavy (non-hydrogen) atoms. The summed E-state index contributed by atoms with van der Waals surface area (Å²) in [6.07, 6.45) is 1.77. The zero-order valence-corrected chi connectivity index (χ0v) is 12.5. The molecule has 1 aromatic heterocycles. The van der Waals surface area contributed by atoms with Gasteiger partial charge in [-0.25, -0.2) is 9.78 Å². The molecule has 8 heteroatoms. The minimum absolute atomic E-state index is 0.0229. The number of methoxy groups -OCH3 is 1. The highest BCUT2D eigenvalue weighted by Gasteiger charge is 2.16. The number of hydrogen-bond donors (Lipinski definition) is 2. The monoisotopic (exact) mass is 308 g/mol. The first kappa shape index (κ1) is 16.0. The summed E-state index contributed by atoms with van der Waals surface area (Å²) >= 11 is 0. The largest absolute Gasteiger partial charge is 0.481 e. The zero-order valence-electron chi connectivity index (χ0n) is 12.5. The van der Waals surface area contributed by atoms with Crippen molar-refractivity contribution in [3.8, 4) is 5.88 Å². The molecular formula is C14H20N4O4. The van der Waals surface area contributed by atoms with Crippen LogP contribution in [0, 0.1) is 0 Å². The summed E-state index contributed by atoms with van der Waals surface area (Å²) in [6.45, 7) is 2.66. The Bertz CT molecular complexity index is 500. The smallest absolute Gasteiger partial charge is 0.319 e. The second-order valence-corrected chi connectivity index (χ2v) is 4.71. The fraction of sp³-hybridized carbons (Fsp3) is 0.500. The Balaban J connectivity index is 1.67. The first-order valence-corrected chi connectivity index (χ1v) is 7.09. The quantitative estimate of drug-likeness (QED) is 0.824. The molecule has 3 amide bonds. The maximum atomic E-state index is 11.9. The van der Waals surface area contributed by atoms with Gasteiger partial charge in [0.05, 0.1) is 32.2 Å². The van der Waals surface area contributed by atoms with Gasteiger partial charge in [-0.2, -0.15) is 0 Å². The summed E-state index contributed by atoms with van der Waals surface area (Å²) in [5.41, 5.74) is 0.554. The van der Waals surface area contributed by atoms with Gasteiger partial charge in [-0.3, -0.25) is 4.79 Å².